The van der Waals surface area contributed by atoms with Gasteiger partial charge in [-0.25, -0.2) is 22.6 Å². The van der Waals surface area contributed by atoms with Crippen LogP contribution in [0.5, 0.6) is 11.6 Å². The van der Waals surface area contributed by atoms with Crippen LogP contribution in [0.15, 0.2) is 42.6 Å². The van der Waals surface area contributed by atoms with Gasteiger partial charge in [0.1, 0.15) is 46.4 Å². The van der Waals surface area contributed by atoms with E-state index in [0.29, 0.717) is 30.4 Å². The smallest absolute Gasteiger partial charge is 0.411 e. The lowest BCUT2D eigenvalue weighted by atomic mass is 9.96. The van der Waals surface area contributed by atoms with Crippen molar-refractivity contribution in [2.24, 2.45) is 5.92 Å². The van der Waals surface area contributed by atoms with Crippen molar-refractivity contribution in [2.75, 3.05) is 20.3 Å². The number of hydrogen-bond acceptors (Lipinski definition) is 10. The molecular weight excluding hydrogens is 795 g/mol. The lowest BCUT2D eigenvalue weighted by molar-refractivity contribution is -0.225. The normalized spacial score (nSPS) is 29.5. The van der Waals surface area contributed by atoms with Crippen molar-refractivity contribution in [3.05, 3.63) is 42.6 Å². The summed E-state index contributed by atoms with van der Waals surface area (Å²) >= 11 is 0. The predicted octanol–water partition coefficient (Wildman–Crippen LogP) is 4.25. The van der Waals surface area contributed by atoms with Gasteiger partial charge < -0.3 is 29.5 Å². The average molecular weight is 842 g/mol. The van der Waals surface area contributed by atoms with Crippen LogP contribution < -0.4 is 19.5 Å². The zero-order valence-electron chi connectivity index (χ0n) is 32.5. The molecule has 0 spiro atoms. The first-order valence-electron chi connectivity index (χ1n) is 18.9. The molecule has 2 saturated carbocycles. The summed E-state index contributed by atoms with van der Waals surface area (Å²) in [6.45, 7) is 2.43. The molecule has 0 unspecified atom stereocenters. The first-order chi connectivity index (χ1) is 27.1. The molecule has 6 rings (SSSR count). The highest BCUT2D eigenvalue weighted by molar-refractivity contribution is 7.91. The third-order valence-electron chi connectivity index (χ3n) is 11.7. The summed E-state index contributed by atoms with van der Waals surface area (Å²) in [7, 11) is -3.07. The first kappa shape index (κ1) is 42.9. The molecule has 1 aromatic carbocycles. The maximum Gasteiger partial charge on any atom is 0.411 e. The summed E-state index contributed by atoms with van der Waals surface area (Å²) in [6, 6.07) is 3.17. The molecule has 15 nitrogen and oxygen atoms in total. The fourth-order valence-corrected chi connectivity index (χ4v) is 9.21. The van der Waals surface area contributed by atoms with Crippen molar-refractivity contribution in [2.45, 2.75) is 119 Å². The van der Waals surface area contributed by atoms with Crippen LogP contribution in [0.2, 0.25) is 0 Å². The number of nitrogens with one attached hydrogen (secondary N) is 2. The SMILES string of the molecule is COc1cnc(O[C@@H]2C[C@H]3C(=O)N[C@]4(C(=O)NS(=O)(=O)C5(CF)CC5)C[C@H]4/C=C\CC[C@@H](C)O[C@@H](C)[C@H](N(C(=O)O)C(C)(C)C(F)(F)F)C(=O)N3C2)c2ccccc12. The van der Waals surface area contributed by atoms with Crippen LogP contribution in [-0.4, -0.2) is 125 Å². The van der Waals surface area contributed by atoms with Crippen molar-refractivity contribution in [1.29, 1.82) is 0 Å². The number of amides is 4. The number of alkyl halides is 4. The minimum atomic E-state index is -5.17. The van der Waals surface area contributed by atoms with Gasteiger partial charge in [-0.2, -0.15) is 13.2 Å². The Bertz CT molecular complexity index is 2100. The number of nitrogens with zero attached hydrogens (tertiary/aromatic N) is 3. The number of fused-ring (bicyclic) bond motifs is 3. The summed E-state index contributed by atoms with van der Waals surface area (Å²) < 4.78 is 102. The highest BCUT2D eigenvalue weighted by Gasteiger charge is 2.64. The predicted molar refractivity (Wildman–Crippen MR) is 199 cm³/mol. The van der Waals surface area contributed by atoms with E-state index in [1.54, 1.807) is 43.3 Å². The topological polar surface area (TPSA) is 194 Å². The second-order valence-corrected chi connectivity index (χ2v) is 18.1. The number of methoxy groups -OCH3 is 1. The zero-order chi connectivity index (χ0) is 42.6. The number of carbonyl (C=O) groups is 4. The van der Waals surface area contributed by atoms with E-state index in [4.69, 9.17) is 14.2 Å². The van der Waals surface area contributed by atoms with Crippen molar-refractivity contribution < 1.29 is 64.5 Å². The van der Waals surface area contributed by atoms with Gasteiger partial charge in [-0.3, -0.25) is 24.0 Å². The second kappa shape index (κ2) is 15.5. The second-order valence-electron chi connectivity index (χ2n) is 16.0. The van der Waals surface area contributed by atoms with Crippen LogP contribution in [0.4, 0.5) is 22.4 Å². The van der Waals surface area contributed by atoms with Gasteiger partial charge in [0.2, 0.25) is 27.7 Å². The summed E-state index contributed by atoms with van der Waals surface area (Å²) in [5.41, 5.74) is -5.01. The molecule has 4 aliphatic rings. The van der Waals surface area contributed by atoms with Gasteiger partial charge >= 0.3 is 12.3 Å². The minimum absolute atomic E-state index is 0.00791. The van der Waals surface area contributed by atoms with E-state index in [2.05, 4.69) is 10.3 Å². The Hall–Kier alpha value is -4.72. The lowest BCUT2D eigenvalue weighted by Gasteiger charge is -2.45. The summed E-state index contributed by atoms with van der Waals surface area (Å²) in [4.78, 5) is 61.4. The van der Waals surface area contributed by atoms with E-state index in [1.807, 2.05) is 4.72 Å². The monoisotopic (exact) mass is 841 g/mol. The quantitative estimate of drug-likeness (QED) is 0.242. The Morgan fingerprint density at radius 3 is 2.43 bits per heavy atom. The Morgan fingerprint density at radius 1 is 1.16 bits per heavy atom. The number of hydrogen-bond donors (Lipinski definition) is 3. The van der Waals surface area contributed by atoms with Crippen molar-refractivity contribution in [3.8, 4) is 11.6 Å². The molecule has 2 aliphatic carbocycles. The van der Waals surface area contributed by atoms with Crippen molar-refractivity contribution in [3.63, 3.8) is 0 Å². The number of carbonyl (C=O) groups excluding carboxylic acids is 3. The minimum Gasteiger partial charge on any atom is -0.494 e. The molecule has 2 aromatic rings. The van der Waals surface area contributed by atoms with Gasteiger partial charge in [0.15, 0.2) is 0 Å². The highest BCUT2D eigenvalue weighted by atomic mass is 32.2. The Labute approximate surface area is 332 Å². The van der Waals surface area contributed by atoms with Gasteiger partial charge in [-0.1, -0.05) is 30.4 Å². The standard InChI is InChI=1S/C38H47F4N5O10S/c1-21-10-6-7-11-23-17-37(23,33(50)45-58(53,54)36(20-39)14-15-36)44-30(48)27-16-24(57-31-26-13-9-8-12-25(26)28(55-5)18-43-31)19-46(27)32(49)29(22(2)56-21)47(34(51)52)35(3,4)38(40,41)42/h7-9,11-13,18,21-24,27,29H,6,10,14-17,19-20H2,1-5H3,(H,44,48)(H,45,50)(H,51,52)/b11-7-/t21-,22+,23-,24-,27+,29+,37-/m1/s1. The van der Waals surface area contributed by atoms with Crippen molar-refractivity contribution in [1.82, 2.24) is 24.8 Å². The zero-order valence-corrected chi connectivity index (χ0v) is 33.4. The Kier molecular flexibility index (Phi) is 11.4. The van der Waals surface area contributed by atoms with E-state index in [1.165, 1.54) is 20.2 Å². The number of sulfonamides is 1. The van der Waals surface area contributed by atoms with Gasteiger partial charge in [0, 0.05) is 23.1 Å². The first-order valence-corrected chi connectivity index (χ1v) is 20.4. The van der Waals surface area contributed by atoms with Crippen LogP contribution in [0.1, 0.15) is 66.2 Å². The largest absolute Gasteiger partial charge is 0.494 e. The van der Waals surface area contributed by atoms with E-state index >= 15 is 0 Å². The molecule has 2 aliphatic heterocycles. The van der Waals surface area contributed by atoms with Crippen LogP contribution in [0.3, 0.4) is 0 Å². The molecule has 3 N–H and O–H groups in total. The van der Waals surface area contributed by atoms with Crippen LogP contribution >= 0.6 is 0 Å². The fraction of sp³-hybridized carbons (Fsp3) is 0.605. The van der Waals surface area contributed by atoms with Crippen molar-refractivity contribution >= 4 is 44.6 Å². The maximum atomic E-state index is 14.9. The number of ether oxygens (including phenoxy) is 3. The molecule has 7 atom stereocenters. The van der Waals surface area contributed by atoms with Crippen LogP contribution in [-0.2, 0) is 29.1 Å². The Balaban J connectivity index is 1.42. The maximum absolute atomic E-state index is 14.9. The lowest BCUT2D eigenvalue weighted by Crippen LogP contribution is -2.67. The molecule has 3 fully saturated rings. The summed E-state index contributed by atoms with van der Waals surface area (Å²) in [6.07, 6.45) is -5.69. The van der Waals surface area contributed by atoms with E-state index in [9.17, 15) is 50.3 Å². The third-order valence-corrected chi connectivity index (χ3v) is 13.8. The molecule has 0 radical (unpaired) electrons. The molecule has 4 amide bonds. The number of benzene rings is 1. The summed E-state index contributed by atoms with van der Waals surface area (Å²) in [5, 5.41) is 14.1. The summed E-state index contributed by atoms with van der Waals surface area (Å²) in [5.74, 6) is -3.57. The number of rotatable bonds is 9. The third kappa shape index (κ3) is 7.76. The molecular formula is C38H47F4N5O10S. The molecule has 1 aromatic heterocycles. The molecule has 318 valence electrons. The molecule has 20 heteroatoms. The molecule has 3 heterocycles. The average Bonchev–Trinajstić information content (AvgIpc) is 4.06. The number of aromatic nitrogens is 1. The van der Waals surface area contributed by atoms with Gasteiger partial charge in [-0.05, 0) is 65.9 Å². The van der Waals surface area contributed by atoms with Crippen LogP contribution in [0, 0.1) is 5.92 Å². The fourth-order valence-electron chi connectivity index (χ4n) is 7.78. The molecule has 0 bridgehead atoms. The van der Waals surface area contributed by atoms with Gasteiger partial charge in [0.05, 0.1) is 32.1 Å². The number of pyridine rings is 1. The van der Waals surface area contributed by atoms with E-state index in [-0.39, 0.29) is 49.3 Å². The van der Waals surface area contributed by atoms with E-state index < -0.39 is 105 Å². The number of halogens is 4. The molecule has 58 heavy (non-hydrogen) atoms. The van der Waals surface area contributed by atoms with Crippen LogP contribution in [0.25, 0.3) is 10.8 Å². The van der Waals surface area contributed by atoms with Gasteiger partial charge in [-0.15, -0.1) is 0 Å². The van der Waals surface area contributed by atoms with E-state index in [0.717, 1.165) is 4.90 Å². The Morgan fingerprint density at radius 2 is 1.83 bits per heavy atom. The number of allylic oxidation sites excluding steroid dienone is 1. The number of carboxylic acid groups (broad SMARTS) is 1. The molecule has 1 saturated heterocycles. The van der Waals surface area contributed by atoms with Gasteiger partial charge in [0.25, 0.3) is 5.91 Å². The highest BCUT2D eigenvalue weighted by Crippen LogP contribution is 2.48.